The average molecular weight is 130 g/mol. The monoisotopic (exact) mass is 130 g/mol. The normalized spacial score (nSPS) is 19.4. The summed E-state index contributed by atoms with van der Waals surface area (Å²) in [4.78, 5) is 11.5. The second-order valence-corrected chi connectivity index (χ2v) is 2.17. The van der Waals surface area contributed by atoms with Crippen molar-refractivity contribution in [2.24, 2.45) is 0 Å². The Morgan fingerprint density at radius 3 is 2.67 bits per heavy atom. The Bertz CT molecular complexity index is 120. The number of amides is 1. The maximum atomic E-state index is 10.1. The number of nitrogens with one attached hydrogen (secondary N) is 1. The molecule has 9 heavy (non-hydrogen) atoms. The summed E-state index contributed by atoms with van der Waals surface area (Å²) in [5.74, 6) is 0. The number of likely N-dealkylation sites (tertiary alicyclic amines) is 1. The van der Waals surface area contributed by atoms with Crippen molar-refractivity contribution in [3.63, 3.8) is 0 Å². The van der Waals surface area contributed by atoms with Gasteiger partial charge in [0.1, 0.15) is 0 Å². The van der Waals surface area contributed by atoms with Crippen LogP contribution >= 0.6 is 0 Å². The lowest BCUT2D eigenvalue weighted by molar-refractivity contribution is 0.0985. The molecule has 1 amide bonds. The zero-order chi connectivity index (χ0) is 6.85. The first kappa shape index (κ1) is 6.35. The van der Waals surface area contributed by atoms with Gasteiger partial charge in [-0.1, -0.05) is 0 Å². The number of nitrogens with zero attached hydrogens (tertiary/aromatic N) is 1. The predicted molar refractivity (Wildman–Crippen MR) is 32.4 cm³/mol. The minimum absolute atomic E-state index is 0.376. The molecule has 0 aromatic heterocycles. The Kier molecular flexibility index (Phi) is 1.57. The molecule has 0 atom stereocenters. The summed E-state index contributed by atoms with van der Waals surface area (Å²) in [5.41, 5.74) is 0. The van der Waals surface area contributed by atoms with Gasteiger partial charge in [0.2, 0.25) is 0 Å². The molecule has 4 heteroatoms. The van der Waals surface area contributed by atoms with Crippen molar-refractivity contribution in [2.45, 2.75) is 6.04 Å². The van der Waals surface area contributed by atoms with Crippen LogP contribution in [0.5, 0.6) is 0 Å². The van der Waals surface area contributed by atoms with Gasteiger partial charge in [-0.25, -0.2) is 4.79 Å². The molecule has 0 aliphatic carbocycles. The van der Waals surface area contributed by atoms with E-state index < -0.39 is 6.09 Å². The highest BCUT2D eigenvalue weighted by Gasteiger charge is 2.28. The fraction of sp³-hybridized carbons (Fsp3) is 0.800. The first-order valence-electron chi connectivity index (χ1n) is 2.89. The summed E-state index contributed by atoms with van der Waals surface area (Å²) in [6.45, 7) is 1.26. The van der Waals surface area contributed by atoms with E-state index in [1.54, 1.807) is 0 Å². The SMILES string of the molecule is CNC1CN(C(=O)O)C1. The zero-order valence-corrected chi connectivity index (χ0v) is 5.29. The van der Waals surface area contributed by atoms with Crippen LogP contribution in [0.25, 0.3) is 0 Å². The van der Waals surface area contributed by atoms with Crippen LogP contribution in [0.3, 0.4) is 0 Å². The van der Waals surface area contributed by atoms with Gasteiger partial charge in [-0.3, -0.25) is 0 Å². The van der Waals surface area contributed by atoms with Crippen LogP contribution in [0.1, 0.15) is 0 Å². The standard InChI is InChI=1S/C5H10N2O2/c1-6-4-2-7(3-4)5(8)9/h4,6H,2-3H2,1H3,(H,8,9). The number of carboxylic acid groups (broad SMARTS) is 1. The molecule has 1 rings (SSSR count). The van der Waals surface area contributed by atoms with Crippen LogP contribution in [0.15, 0.2) is 0 Å². The quantitative estimate of drug-likeness (QED) is 0.506. The van der Waals surface area contributed by atoms with E-state index in [1.807, 2.05) is 7.05 Å². The Morgan fingerprint density at radius 1 is 1.78 bits per heavy atom. The van der Waals surface area contributed by atoms with Crippen LogP contribution in [-0.4, -0.2) is 42.3 Å². The molecule has 4 nitrogen and oxygen atoms in total. The molecule has 2 N–H and O–H groups in total. The fourth-order valence-corrected chi connectivity index (χ4v) is 0.817. The number of hydrogen-bond acceptors (Lipinski definition) is 2. The van der Waals surface area contributed by atoms with E-state index in [0.717, 1.165) is 0 Å². The highest BCUT2D eigenvalue weighted by Crippen LogP contribution is 2.05. The van der Waals surface area contributed by atoms with Gasteiger partial charge in [0.15, 0.2) is 0 Å². The van der Waals surface area contributed by atoms with Crippen molar-refractivity contribution < 1.29 is 9.90 Å². The van der Waals surface area contributed by atoms with Crippen molar-refractivity contribution >= 4 is 6.09 Å². The van der Waals surface area contributed by atoms with E-state index in [2.05, 4.69) is 5.32 Å². The Balaban J connectivity index is 2.19. The molecule has 1 heterocycles. The van der Waals surface area contributed by atoms with Gasteiger partial charge in [-0.2, -0.15) is 0 Å². The predicted octanol–water partition coefficient (Wildman–Crippen LogP) is -0.432. The van der Waals surface area contributed by atoms with E-state index in [0.29, 0.717) is 19.1 Å². The maximum Gasteiger partial charge on any atom is 0.407 e. The van der Waals surface area contributed by atoms with Gasteiger partial charge < -0.3 is 15.3 Å². The zero-order valence-electron chi connectivity index (χ0n) is 5.29. The van der Waals surface area contributed by atoms with E-state index >= 15 is 0 Å². The molecular weight excluding hydrogens is 120 g/mol. The largest absolute Gasteiger partial charge is 0.465 e. The van der Waals surface area contributed by atoms with Crippen LogP contribution in [-0.2, 0) is 0 Å². The van der Waals surface area contributed by atoms with Crippen molar-refractivity contribution in [1.29, 1.82) is 0 Å². The molecule has 52 valence electrons. The second kappa shape index (κ2) is 2.23. The van der Waals surface area contributed by atoms with Gasteiger partial charge in [-0.05, 0) is 7.05 Å². The van der Waals surface area contributed by atoms with E-state index in [9.17, 15) is 4.79 Å². The third-order valence-corrected chi connectivity index (χ3v) is 1.56. The number of carbonyl (C=O) groups is 1. The summed E-state index contributed by atoms with van der Waals surface area (Å²) in [5, 5.41) is 11.3. The molecule has 0 radical (unpaired) electrons. The van der Waals surface area contributed by atoms with Crippen molar-refractivity contribution in [3.05, 3.63) is 0 Å². The van der Waals surface area contributed by atoms with Crippen LogP contribution in [0.4, 0.5) is 4.79 Å². The third-order valence-electron chi connectivity index (χ3n) is 1.56. The van der Waals surface area contributed by atoms with Crippen LogP contribution in [0.2, 0.25) is 0 Å². The molecule has 1 saturated heterocycles. The molecule has 0 unspecified atom stereocenters. The van der Waals surface area contributed by atoms with Crippen molar-refractivity contribution in [3.8, 4) is 0 Å². The fourth-order valence-electron chi connectivity index (χ4n) is 0.817. The Hall–Kier alpha value is -0.770. The van der Waals surface area contributed by atoms with E-state index in [1.165, 1.54) is 4.90 Å². The second-order valence-electron chi connectivity index (χ2n) is 2.17. The Morgan fingerprint density at radius 2 is 2.33 bits per heavy atom. The molecule has 0 saturated carbocycles. The maximum absolute atomic E-state index is 10.1. The van der Waals surface area contributed by atoms with Gasteiger partial charge >= 0.3 is 6.09 Å². The minimum Gasteiger partial charge on any atom is -0.465 e. The van der Waals surface area contributed by atoms with E-state index in [-0.39, 0.29) is 0 Å². The van der Waals surface area contributed by atoms with Crippen LogP contribution < -0.4 is 5.32 Å². The lowest BCUT2D eigenvalue weighted by Gasteiger charge is -2.36. The highest BCUT2D eigenvalue weighted by atomic mass is 16.4. The summed E-state index contributed by atoms with van der Waals surface area (Å²) < 4.78 is 0. The smallest absolute Gasteiger partial charge is 0.407 e. The van der Waals surface area contributed by atoms with Gasteiger partial charge in [0, 0.05) is 19.1 Å². The van der Waals surface area contributed by atoms with Crippen LogP contribution in [0, 0.1) is 0 Å². The lowest BCUT2D eigenvalue weighted by atomic mass is 10.1. The number of hydrogen-bond donors (Lipinski definition) is 2. The summed E-state index contributed by atoms with van der Waals surface area (Å²) >= 11 is 0. The van der Waals surface area contributed by atoms with Gasteiger partial charge in [-0.15, -0.1) is 0 Å². The average Bonchev–Trinajstić information content (AvgIpc) is 1.61. The van der Waals surface area contributed by atoms with Gasteiger partial charge in [0.25, 0.3) is 0 Å². The molecule has 1 fully saturated rings. The minimum atomic E-state index is -0.818. The molecule has 1 aliphatic rings. The summed E-state index contributed by atoms with van der Waals surface area (Å²) in [7, 11) is 1.84. The van der Waals surface area contributed by atoms with Crippen molar-refractivity contribution in [1.82, 2.24) is 10.2 Å². The molecule has 0 aromatic rings. The third kappa shape index (κ3) is 1.13. The first-order valence-corrected chi connectivity index (χ1v) is 2.89. The Labute approximate surface area is 53.5 Å². The van der Waals surface area contributed by atoms with Gasteiger partial charge in [0.05, 0.1) is 0 Å². The summed E-state index contributed by atoms with van der Waals surface area (Å²) in [6.07, 6.45) is -0.818. The number of likely N-dealkylation sites (N-methyl/N-ethyl adjacent to an activating group) is 1. The number of rotatable bonds is 1. The van der Waals surface area contributed by atoms with E-state index in [4.69, 9.17) is 5.11 Å². The molecule has 0 spiro atoms. The topological polar surface area (TPSA) is 52.6 Å². The summed E-state index contributed by atoms with van der Waals surface area (Å²) in [6, 6.07) is 0.376. The highest BCUT2D eigenvalue weighted by molar-refractivity contribution is 5.66. The molecule has 1 aliphatic heterocycles. The first-order chi connectivity index (χ1) is 4.24. The molecule has 0 bridgehead atoms. The molecular formula is C5H10N2O2. The molecule has 0 aromatic carbocycles. The lowest BCUT2D eigenvalue weighted by Crippen LogP contribution is -2.58. The van der Waals surface area contributed by atoms with Crippen molar-refractivity contribution in [2.75, 3.05) is 20.1 Å².